The summed E-state index contributed by atoms with van der Waals surface area (Å²) < 4.78 is 41.2. The van der Waals surface area contributed by atoms with Gasteiger partial charge in [-0.05, 0) is 79.3 Å². The third-order valence-corrected chi connectivity index (χ3v) is 6.12. The van der Waals surface area contributed by atoms with Crippen LogP contribution in [0.2, 0.25) is 0 Å². The van der Waals surface area contributed by atoms with Gasteiger partial charge < -0.3 is 5.32 Å². The van der Waals surface area contributed by atoms with E-state index in [0.717, 1.165) is 31.2 Å². The third kappa shape index (κ3) is 4.14. The lowest BCUT2D eigenvalue weighted by Gasteiger charge is -2.17. The second-order valence-electron chi connectivity index (χ2n) is 6.81. The molecule has 4 rings (SSSR count). The van der Waals surface area contributed by atoms with E-state index in [1.54, 1.807) is 36.4 Å². The van der Waals surface area contributed by atoms with Gasteiger partial charge in [-0.3, -0.25) is 4.72 Å². The van der Waals surface area contributed by atoms with Crippen LogP contribution in [0.15, 0.2) is 65.7 Å². The Morgan fingerprint density at radius 3 is 2.46 bits per heavy atom. The van der Waals surface area contributed by atoms with Gasteiger partial charge in [0.15, 0.2) is 0 Å². The molecule has 0 aliphatic heterocycles. The molecule has 1 aromatic heterocycles. The zero-order valence-electron chi connectivity index (χ0n) is 15.2. The first-order valence-corrected chi connectivity index (χ1v) is 10.6. The molecule has 0 radical (unpaired) electrons. The number of halogens is 1. The van der Waals surface area contributed by atoms with Crippen molar-refractivity contribution in [1.82, 2.24) is 4.98 Å². The number of sulfonamides is 1. The number of hydrogen-bond acceptors (Lipinski definition) is 4. The summed E-state index contributed by atoms with van der Waals surface area (Å²) in [6, 6.07) is 14.6. The first-order valence-electron chi connectivity index (χ1n) is 9.13. The first-order chi connectivity index (χ1) is 13.5. The number of nitrogens with zero attached hydrogens (tertiary/aromatic N) is 1. The second-order valence-corrected chi connectivity index (χ2v) is 8.49. The lowest BCUT2D eigenvalue weighted by atomic mass is 9.92. The molecule has 3 aromatic rings. The van der Waals surface area contributed by atoms with Crippen LogP contribution in [0.25, 0.3) is 0 Å². The number of anilines is 3. The number of aryl methyl sites for hydroxylation is 2. The zero-order chi connectivity index (χ0) is 19.6. The Morgan fingerprint density at radius 2 is 1.71 bits per heavy atom. The molecule has 0 amide bonds. The summed E-state index contributed by atoms with van der Waals surface area (Å²) in [7, 11) is -3.68. The van der Waals surface area contributed by atoms with Crippen LogP contribution in [-0.4, -0.2) is 13.4 Å². The smallest absolute Gasteiger partial charge is 0.261 e. The Labute approximate surface area is 163 Å². The highest BCUT2D eigenvalue weighted by atomic mass is 32.2. The summed E-state index contributed by atoms with van der Waals surface area (Å²) in [4.78, 5) is 4.45. The topological polar surface area (TPSA) is 71.1 Å². The standard InChI is InChI=1S/C21H20FN3O2S/c22-17-6-3-7-18(13-17)24-21-11-9-19(14-23-21)25-28(26,27)20-10-8-15-4-1-2-5-16(15)12-20/h3,6-14,25H,1-2,4-5H2,(H,23,24). The highest BCUT2D eigenvalue weighted by Gasteiger charge is 2.18. The fraction of sp³-hybridized carbons (Fsp3) is 0.190. The van der Waals surface area contributed by atoms with Crippen molar-refractivity contribution in [2.75, 3.05) is 10.0 Å². The largest absolute Gasteiger partial charge is 0.340 e. The predicted octanol–water partition coefficient (Wildman–Crippen LogP) is 4.64. The SMILES string of the molecule is O=S(=O)(Nc1ccc(Nc2cccc(F)c2)nc1)c1ccc2c(c1)CCCC2. The molecule has 144 valence electrons. The van der Waals surface area contributed by atoms with Crippen LogP contribution < -0.4 is 10.0 Å². The number of fused-ring (bicyclic) bond motifs is 1. The summed E-state index contributed by atoms with van der Waals surface area (Å²) in [6.07, 6.45) is 5.59. The van der Waals surface area contributed by atoms with Gasteiger partial charge in [0.25, 0.3) is 10.0 Å². The molecule has 28 heavy (non-hydrogen) atoms. The highest BCUT2D eigenvalue weighted by Crippen LogP contribution is 2.25. The van der Waals surface area contributed by atoms with E-state index in [1.807, 2.05) is 6.07 Å². The van der Waals surface area contributed by atoms with E-state index in [2.05, 4.69) is 15.0 Å². The van der Waals surface area contributed by atoms with Crippen LogP contribution in [0.1, 0.15) is 24.0 Å². The fourth-order valence-electron chi connectivity index (χ4n) is 3.33. The van der Waals surface area contributed by atoms with E-state index >= 15 is 0 Å². The molecule has 0 spiro atoms. The molecule has 0 saturated carbocycles. The minimum absolute atomic E-state index is 0.259. The normalized spacial score (nSPS) is 13.6. The minimum atomic E-state index is -3.68. The van der Waals surface area contributed by atoms with Crippen LogP contribution in [-0.2, 0) is 22.9 Å². The maximum atomic E-state index is 13.2. The molecule has 2 aromatic carbocycles. The second kappa shape index (κ2) is 7.59. The van der Waals surface area contributed by atoms with Gasteiger partial charge in [-0.2, -0.15) is 0 Å². The Bertz CT molecular complexity index is 1100. The molecule has 1 aliphatic rings. The van der Waals surface area contributed by atoms with Gasteiger partial charge in [0.1, 0.15) is 11.6 Å². The average Bonchev–Trinajstić information content (AvgIpc) is 2.69. The molecule has 0 unspecified atom stereocenters. The van der Waals surface area contributed by atoms with Gasteiger partial charge in [0.2, 0.25) is 0 Å². The number of benzene rings is 2. The van der Waals surface area contributed by atoms with Crippen molar-refractivity contribution in [2.45, 2.75) is 30.6 Å². The van der Waals surface area contributed by atoms with Crippen molar-refractivity contribution in [3.8, 4) is 0 Å². The van der Waals surface area contributed by atoms with Crippen molar-refractivity contribution in [1.29, 1.82) is 0 Å². The van der Waals surface area contributed by atoms with E-state index in [4.69, 9.17) is 0 Å². The maximum absolute atomic E-state index is 13.2. The van der Waals surface area contributed by atoms with Gasteiger partial charge in [-0.15, -0.1) is 0 Å². The number of aromatic nitrogens is 1. The van der Waals surface area contributed by atoms with E-state index in [1.165, 1.54) is 23.9 Å². The summed E-state index contributed by atoms with van der Waals surface area (Å²) in [5.74, 6) is 0.141. The van der Waals surface area contributed by atoms with Crippen molar-refractivity contribution < 1.29 is 12.8 Å². The lowest BCUT2D eigenvalue weighted by Crippen LogP contribution is -2.14. The quantitative estimate of drug-likeness (QED) is 0.658. The van der Waals surface area contributed by atoms with Crippen LogP contribution >= 0.6 is 0 Å². The Hall–Kier alpha value is -2.93. The number of hydrogen-bond donors (Lipinski definition) is 2. The molecular formula is C21H20FN3O2S. The highest BCUT2D eigenvalue weighted by molar-refractivity contribution is 7.92. The molecule has 1 heterocycles. The molecule has 0 bridgehead atoms. The molecule has 0 atom stereocenters. The average molecular weight is 397 g/mol. The predicted molar refractivity (Wildman–Crippen MR) is 108 cm³/mol. The van der Waals surface area contributed by atoms with Crippen molar-refractivity contribution in [3.05, 3.63) is 77.7 Å². The fourth-order valence-corrected chi connectivity index (χ4v) is 4.43. The summed E-state index contributed by atoms with van der Waals surface area (Å²) >= 11 is 0. The summed E-state index contributed by atoms with van der Waals surface area (Å²) in [6.45, 7) is 0. The van der Waals surface area contributed by atoms with Gasteiger partial charge in [-0.1, -0.05) is 12.1 Å². The molecule has 0 fully saturated rings. The summed E-state index contributed by atoms with van der Waals surface area (Å²) in [5.41, 5.74) is 3.28. The van der Waals surface area contributed by atoms with E-state index in [0.29, 0.717) is 17.2 Å². The Morgan fingerprint density at radius 1 is 0.893 bits per heavy atom. The van der Waals surface area contributed by atoms with Crippen LogP contribution in [0.4, 0.5) is 21.6 Å². The Kier molecular flexibility index (Phi) is 5.00. The number of nitrogens with one attached hydrogen (secondary N) is 2. The van der Waals surface area contributed by atoms with Gasteiger partial charge in [0.05, 0.1) is 16.8 Å². The van der Waals surface area contributed by atoms with E-state index < -0.39 is 10.0 Å². The van der Waals surface area contributed by atoms with Crippen LogP contribution in [0.5, 0.6) is 0 Å². The molecule has 7 heteroatoms. The Balaban J connectivity index is 1.49. The molecule has 1 aliphatic carbocycles. The third-order valence-electron chi connectivity index (χ3n) is 4.74. The number of pyridine rings is 1. The van der Waals surface area contributed by atoms with E-state index in [9.17, 15) is 12.8 Å². The van der Waals surface area contributed by atoms with Gasteiger partial charge >= 0.3 is 0 Å². The van der Waals surface area contributed by atoms with E-state index in [-0.39, 0.29) is 10.7 Å². The van der Waals surface area contributed by atoms with Gasteiger partial charge in [0, 0.05) is 5.69 Å². The molecule has 2 N–H and O–H groups in total. The van der Waals surface area contributed by atoms with Gasteiger partial charge in [-0.25, -0.2) is 17.8 Å². The molecule has 0 saturated heterocycles. The van der Waals surface area contributed by atoms with Crippen LogP contribution in [0, 0.1) is 5.82 Å². The summed E-state index contributed by atoms with van der Waals surface area (Å²) in [5, 5.41) is 2.97. The van der Waals surface area contributed by atoms with Crippen molar-refractivity contribution >= 4 is 27.2 Å². The zero-order valence-corrected chi connectivity index (χ0v) is 16.0. The van der Waals surface area contributed by atoms with Crippen LogP contribution in [0.3, 0.4) is 0 Å². The van der Waals surface area contributed by atoms with Crippen molar-refractivity contribution in [3.63, 3.8) is 0 Å². The lowest BCUT2D eigenvalue weighted by molar-refractivity contribution is 0.600. The number of rotatable bonds is 5. The minimum Gasteiger partial charge on any atom is -0.340 e. The molecule has 5 nitrogen and oxygen atoms in total. The molecular weight excluding hydrogens is 377 g/mol. The first kappa shape index (κ1) is 18.4. The van der Waals surface area contributed by atoms with Crippen molar-refractivity contribution in [2.24, 2.45) is 0 Å². The monoisotopic (exact) mass is 397 g/mol. The maximum Gasteiger partial charge on any atom is 0.261 e.